The van der Waals surface area contributed by atoms with Crippen LogP contribution in [0.3, 0.4) is 0 Å². The molecule has 0 rings (SSSR count). The third kappa shape index (κ3) is 15.6. The minimum absolute atomic E-state index is 0.0231. The molecular weight excluding hydrogens is 206 g/mol. The number of hydrogen-bond acceptors (Lipinski definition) is 5. The maximum absolute atomic E-state index is 9.99. The van der Waals surface area contributed by atoms with Crippen LogP contribution in [-0.4, -0.2) is 53.6 Å². The molecule has 0 spiro atoms. The van der Waals surface area contributed by atoms with Gasteiger partial charge in [0.2, 0.25) is 0 Å². The van der Waals surface area contributed by atoms with Gasteiger partial charge in [-0.15, -0.1) is 0 Å². The summed E-state index contributed by atoms with van der Waals surface area (Å²) in [6.07, 6.45) is -0.224. The van der Waals surface area contributed by atoms with Gasteiger partial charge >= 0.3 is 11.9 Å². The van der Waals surface area contributed by atoms with E-state index in [2.05, 4.69) is 4.74 Å². The number of ether oxygens (including phenoxy) is 1. The normalized spacial score (nSPS) is 11.1. The molecule has 7 nitrogen and oxygen atoms in total. The van der Waals surface area contributed by atoms with E-state index in [1.807, 2.05) is 0 Å². The zero-order valence-electron chi connectivity index (χ0n) is 8.55. The van der Waals surface area contributed by atoms with Crippen molar-refractivity contribution in [2.24, 2.45) is 5.73 Å². The Bertz CT molecular complexity index is 182. The van der Waals surface area contributed by atoms with Crippen LogP contribution in [0.15, 0.2) is 0 Å². The fourth-order valence-electron chi connectivity index (χ4n) is 0.494. The summed E-state index contributed by atoms with van der Waals surface area (Å²) in [6.45, 7) is 0.566. The van der Waals surface area contributed by atoms with Crippen LogP contribution in [0.5, 0.6) is 0 Å². The van der Waals surface area contributed by atoms with E-state index >= 15 is 0 Å². The fraction of sp³-hybridized carbons (Fsp3) is 0.750. The third-order valence-corrected chi connectivity index (χ3v) is 1.28. The standard InChI is InChI=1S/C5H9NO4.C3H8O2/c6-3(5(9)10)1-2-4(7)8;1-5-3-2-4/h3H,1-2,6H2,(H,7,8)(H,9,10);4H,2-3H2,1H3. The van der Waals surface area contributed by atoms with Crippen LogP contribution >= 0.6 is 0 Å². The molecule has 0 radical (unpaired) electrons. The van der Waals surface area contributed by atoms with E-state index in [9.17, 15) is 9.59 Å². The predicted molar refractivity (Wildman–Crippen MR) is 51.4 cm³/mol. The Morgan fingerprint density at radius 2 is 1.93 bits per heavy atom. The second-order valence-corrected chi connectivity index (χ2v) is 2.59. The van der Waals surface area contributed by atoms with Crippen LogP contribution in [0.4, 0.5) is 0 Å². The molecule has 5 N–H and O–H groups in total. The topological polar surface area (TPSA) is 130 Å². The molecule has 0 amide bonds. The molecule has 90 valence electrons. The first-order valence-corrected chi connectivity index (χ1v) is 4.25. The highest BCUT2D eigenvalue weighted by Crippen LogP contribution is 1.93. The number of methoxy groups -OCH3 is 1. The van der Waals surface area contributed by atoms with Crippen molar-refractivity contribution in [3.63, 3.8) is 0 Å². The Labute approximate surface area is 87.5 Å². The van der Waals surface area contributed by atoms with Gasteiger partial charge in [0.1, 0.15) is 6.04 Å². The Hall–Kier alpha value is -1.18. The van der Waals surface area contributed by atoms with Crippen molar-refractivity contribution < 1.29 is 29.6 Å². The van der Waals surface area contributed by atoms with Gasteiger partial charge in [-0.25, -0.2) is 0 Å². The number of carboxylic acid groups (broad SMARTS) is 2. The van der Waals surface area contributed by atoms with Crippen molar-refractivity contribution in [3.8, 4) is 0 Å². The summed E-state index contributed by atoms with van der Waals surface area (Å²) in [5.41, 5.74) is 5.00. The largest absolute Gasteiger partial charge is 0.481 e. The molecule has 0 fully saturated rings. The fourth-order valence-corrected chi connectivity index (χ4v) is 0.494. The molecular formula is C8H17NO6. The number of rotatable bonds is 6. The Kier molecular flexibility index (Phi) is 11.8. The van der Waals surface area contributed by atoms with E-state index in [-0.39, 0.29) is 19.4 Å². The van der Waals surface area contributed by atoms with E-state index < -0.39 is 18.0 Å². The number of aliphatic hydroxyl groups excluding tert-OH is 1. The molecule has 0 saturated heterocycles. The average molecular weight is 223 g/mol. The van der Waals surface area contributed by atoms with Crippen LogP contribution in [0, 0.1) is 0 Å². The predicted octanol–water partition coefficient (Wildman–Crippen LogP) is -1.11. The van der Waals surface area contributed by atoms with Gasteiger partial charge in [-0.2, -0.15) is 0 Å². The first kappa shape index (κ1) is 16.3. The zero-order chi connectivity index (χ0) is 12.3. The summed E-state index contributed by atoms with van der Waals surface area (Å²) >= 11 is 0. The Morgan fingerprint density at radius 1 is 1.40 bits per heavy atom. The van der Waals surface area contributed by atoms with E-state index in [1.165, 1.54) is 0 Å². The summed E-state index contributed by atoms with van der Waals surface area (Å²) in [4.78, 5) is 19.9. The third-order valence-electron chi connectivity index (χ3n) is 1.28. The van der Waals surface area contributed by atoms with Crippen molar-refractivity contribution >= 4 is 11.9 Å². The summed E-state index contributed by atoms with van der Waals surface area (Å²) < 4.78 is 4.44. The van der Waals surface area contributed by atoms with E-state index in [4.69, 9.17) is 21.1 Å². The first-order chi connectivity index (χ1) is 6.95. The molecule has 0 bridgehead atoms. The van der Waals surface area contributed by atoms with E-state index in [0.29, 0.717) is 6.61 Å². The lowest BCUT2D eigenvalue weighted by Crippen LogP contribution is -2.30. The van der Waals surface area contributed by atoms with Crippen LogP contribution in [0.1, 0.15) is 12.8 Å². The highest BCUT2D eigenvalue weighted by atomic mass is 16.5. The number of nitrogens with two attached hydrogens (primary N) is 1. The molecule has 1 unspecified atom stereocenters. The maximum Gasteiger partial charge on any atom is 0.320 e. The molecule has 0 saturated carbocycles. The minimum atomic E-state index is -1.17. The number of carboxylic acids is 2. The second-order valence-electron chi connectivity index (χ2n) is 2.59. The quantitative estimate of drug-likeness (QED) is 0.449. The second kappa shape index (κ2) is 10.9. The van der Waals surface area contributed by atoms with Gasteiger partial charge < -0.3 is 25.8 Å². The minimum Gasteiger partial charge on any atom is -0.481 e. The molecule has 7 heteroatoms. The van der Waals surface area contributed by atoms with Crippen LogP contribution < -0.4 is 5.73 Å². The number of carbonyl (C=O) groups is 2. The van der Waals surface area contributed by atoms with Gasteiger partial charge in [0, 0.05) is 13.5 Å². The van der Waals surface area contributed by atoms with Gasteiger partial charge in [0.15, 0.2) is 0 Å². The van der Waals surface area contributed by atoms with Gasteiger partial charge in [0.05, 0.1) is 13.2 Å². The summed E-state index contributed by atoms with van der Waals surface area (Å²) in [5, 5.41) is 24.2. The Balaban J connectivity index is 0. The van der Waals surface area contributed by atoms with E-state index in [0.717, 1.165) is 0 Å². The van der Waals surface area contributed by atoms with Crippen LogP contribution in [-0.2, 0) is 14.3 Å². The lowest BCUT2D eigenvalue weighted by atomic mass is 10.2. The highest BCUT2D eigenvalue weighted by molar-refractivity contribution is 5.74. The molecule has 0 aliphatic rings. The van der Waals surface area contributed by atoms with Gasteiger partial charge in [0.25, 0.3) is 0 Å². The lowest BCUT2D eigenvalue weighted by molar-refractivity contribution is -0.139. The monoisotopic (exact) mass is 223 g/mol. The smallest absolute Gasteiger partial charge is 0.320 e. The van der Waals surface area contributed by atoms with Crippen molar-refractivity contribution in [1.29, 1.82) is 0 Å². The first-order valence-electron chi connectivity index (χ1n) is 4.25. The van der Waals surface area contributed by atoms with Crippen LogP contribution in [0.2, 0.25) is 0 Å². The van der Waals surface area contributed by atoms with Crippen molar-refractivity contribution in [2.45, 2.75) is 18.9 Å². The molecule has 0 aliphatic heterocycles. The number of aliphatic carboxylic acids is 2. The molecule has 15 heavy (non-hydrogen) atoms. The van der Waals surface area contributed by atoms with Gasteiger partial charge in [-0.05, 0) is 6.42 Å². The number of hydrogen-bond donors (Lipinski definition) is 4. The lowest BCUT2D eigenvalue weighted by Gasteiger charge is -2.01. The van der Waals surface area contributed by atoms with Crippen molar-refractivity contribution in [2.75, 3.05) is 20.3 Å². The molecule has 0 aromatic carbocycles. The van der Waals surface area contributed by atoms with E-state index in [1.54, 1.807) is 7.11 Å². The molecule has 0 heterocycles. The molecule has 1 atom stereocenters. The zero-order valence-corrected chi connectivity index (χ0v) is 8.55. The van der Waals surface area contributed by atoms with Gasteiger partial charge in [-0.1, -0.05) is 0 Å². The van der Waals surface area contributed by atoms with Crippen molar-refractivity contribution in [1.82, 2.24) is 0 Å². The maximum atomic E-state index is 9.99. The summed E-state index contributed by atoms with van der Waals surface area (Å²) in [6, 6.07) is -1.06. The SMILES string of the molecule is COCCO.NC(CCC(=O)O)C(=O)O. The highest BCUT2D eigenvalue weighted by Gasteiger charge is 2.12. The average Bonchev–Trinajstić information content (AvgIpc) is 2.16. The molecule has 0 aliphatic carbocycles. The summed E-state index contributed by atoms with van der Waals surface area (Å²) in [5.74, 6) is -2.20. The van der Waals surface area contributed by atoms with Crippen LogP contribution in [0.25, 0.3) is 0 Å². The molecule has 0 aromatic heterocycles. The van der Waals surface area contributed by atoms with Gasteiger partial charge in [-0.3, -0.25) is 9.59 Å². The summed E-state index contributed by atoms with van der Waals surface area (Å²) in [7, 11) is 1.55. The Morgan fingerprint density at radius 3 is 2.13 bits per heavy atom. The van der Waals surface area contributed by atoms with Crippen molar-refractivity contribution in [3.05, 3.63) is 0 Å². The molecule has 0 aromatic rings. The number of aliphatic hydroxyl groups is 1.